The van der Waals surface area contributed by atoms with Crippen molar-refractivity contribution >= 4 is 92.7 Å². The van der Waals surface area contributed by atoms with E-state index in [4.69, 9.17) is 28.5 Å². The van der Waals surface area contributed by atoms with Gasteiger partial charge in [0, 0.05) is 43.5 Å². The fraction of sp³-hybridized carbons (Fsp3) is 0.231. The van der Waals surface area contributed by atoms with Gasteiger partial charge in [-0.3, -0.25) is 4.55 Å². The van der Waals surface area contributed by atoms with Gasteiger partial charge in [-0.05, 0) is 58.6 Å². The van der Waals surface area contributed by atoms with Crippen molar-refractivity contribution in [1.82, 2.24) is 29.9 Å². The molecule has 4 aromatic rings. The van der Waals surface area contributed by atoms with Crippen molar-refractivity contribution < 1.29 is 37.8 Å². The number of benzene rings is 2. The molecule has 0 saturated carbocycles. The van der Waals surface area contributed by atoms with E-state index in [-0.39, 0.29) is 71.9 Å². The molecule has 0 aliphatic heterocycles. The van der Waals surface area contributed by atoms with Crippen molar-refractivity contribution in [1.29, 1.82) is 0 Å². The standard InChI is InChI=1S/C26H28Cl2N10O8S2/c1-37(9-11-39)25-33-21(27)31-23(35-25)29-17-7-5-15(19(13-17)47-46-45-41)3-4-16-6-8-18(14-20(16)48(42,43)44)30-24-32-22(28)34-26(36-24)38(2)10-12-40/h3-8,13-14,39-41H,9-12H2,1-2H3,(H,42,43,44)(H,29,31,33,35)(H,30,32,34,36)/b4-3+. The molecule has 2 aromatic heterocycles. The van der Waals surface area contributed by atoms with Gasteiger partial charge in [-0.2, -0.15) is 38.3 Å². The van der Waals surface area contributed by atoms with Crippen LogP contribution >= 0.6 is 35.2 Å². The SMILES string of the molecule is CN(CCO)c1nc(Cl)nc(Nc2ccc(/C=C/c3ccc(Nc4nc(Cl)nc(N(C)CCO)n4)cc3S(=O)(=O)O)c(SOOO)c2)n1. The Hall–Kier alpha value is -3.96. The quantitative estimate of drug-likeness (QED) is 0.0316. The van der Waals surface area contributed by atoms with E-state index in [0.29, 0.717) is 28.2 Å². The summed E-state index contributed by atoms with van der Waals surface area (Å²) in [6.45, 7) is 0.210. The Morgan fingerprint density at radius 2 is 1.31 bits per heavy atom. The highest BCUT2D eigenvalue weighted by atomic mass is 35.5. The van der Waals surface area contributed by atoms with Gasteiger partial charge in [-0.1, -0.05) is 29.3 Å². The van der Waals surface area contributed by atoms with Gasteiger partial charge in [-0.25, -0.2) is 5.26 Å². The Labute approximate surface area is 288 Å². The van der Waals surface area contributed by atoms with Crippen LogP contribution in [0.15, 0.2) is 46.2 Å². The summed E-state index contributed by atoms with van der Waals surface area (Å²) >= 11 is 12.7. The molecule has 2 aromatic carbocycles. The number of aromatic nitrogens is 6. The third kappa shape index (κ3) is 10.3. The van der Waals surface area contributed by atoms with E-state index < -0.39 is 15.0 Å². The van der Waals surface area contributed by atoms with Crippen molar-refractivity contribution in [3.05, 3.63) is 58.1 Å². The van der Waals surface area contributed by atoms with Crippen LogP contribution in [0, 0.1) is 0 Å². The van der Waals surface area contributed by atoms with Crippen LogP contribution in [-0.2, 0) is 19.5 Å². The lowest BCUT2D eigenvalue weighted by atomic mass is 10.1. The van der Waals surface area contributed by atoms with E-state index >= 15 is 0 Å². The van der Waals surface area contributed by atoms with Crippen molar-refractivity contribution in [3.63, 3.8) is 0 Å². The summed E-state index contributed by atoms with van der Waals surface area (Å²) < 4.78 is 39.4. The molecule has 18 nitrogen and oxygen atoms in total. The zero-order valence-corrected chi connectivity index (χ0v) is 28.2. The molecule has 0 aliphatic carbocycles. The fourth-order valence-corrected chi connectivity index (χ4v) is 5.45. The molecular weight excluding hydrogens is 715 g/mol. The van der Waals surface area contributed by atoms with Crippen molar-refractivity contribution in [3.8, 4) is 0 Å². The van der Waals surface area contributed by atoms with E-state index in [9.17, 15) is 23.2 Å². The van der Waals surface area contributed by atoms with Crippen LogP contribution in [0.4, 0.5) is 35.2 Å². The number of aliphatic hydroxyl groups excluding tert-OH is 2. The Morgan fingerprint density at radius 1 is 0.812 bits per heavy atom. The third-order valence-corrected chi connectivity index (χ3v) is 8.07. The Balaban J connectivity index is 1.62. The second kappa shape index (κ2) is 16.9. The lowest BCUT2D eigenvalue weighted by Crippen LogP contribution is -2.24. The van der Waals surface area contributed by atoms with Crippen molar-refractivity contribution in [2.75, 3.05) is 60.8 Å². The molecule has 2 heterocycles. The molecule has 0 bridgehead atoms. The number of nitrogens with zero attached hydrogens (tertiary/aromatic N) is 8. The highest BCUT2D eigenvalue weighted by molar-refractivity contribution is 7.94. The molecule has 22 heteroatoms. The van der Waals surface area contributed by atoms with Gasteiger partial charge in [-0.15, -0.1) is 4.33 Å². The zero-order chi connectivity index (χ0) is 34.8. The van der Waals surface area contributed by atoms with E-state index in [1.807, 2.05) is 0 Å². The molecule has 48 heavy (non-hydrogen) atoms. The second-order valence-corrected chi connectivity index (χ2v) is 12.3. The maximum absolute atomic E-state index is 12.4. The summed E-state index contributed by atoms with van der Waals surface area (Å²) in [4.78, 5) is 27.7. The van der Waals surface area contributed by atoms with Gasteiger partial charge in [0.1, 0.15) is 4.90 Å². The van der Waals surface area contributed by atoms with Gasteiger partial charge in [0.05, 0.1) is 25.3 Å². The summed E-state index contributed by atoms with van der Waals surface area (Å²) in [6, 6.07) is 9.04. The van der Waals surface area contributed by atoms with E-state index in [2.05, 4.69) is 49.9 Å². The fourth-order valence-electron chi connectivity index (χ4n) is 3.92. The number of likely N-dealkylation sites (N-methyl/N-ethyl adjacent to an activating group) is 2. The molecule has 0 atom stereocenters. The number of halogens is 2. The normalized spacial score (nSPS) is 11.6. The molecule has 0 fully saturated rings. The highest BCUT2D eigenvalue weighted by Crippen LogP contribution is 2.31. The smallest absolute Gasteiger partial charge is 0.295 e. The zero-order valence-electron chi connectivity index (χ0n) is 25.0. The van der Waals surface area contributed by atoms with Gasteiger partial charge in [0.2, 0.25) is 34.4 Å². The first-order chi connectivity index (χ1) is 22.9. The predicted octanol–water partition coefficient (Wildman–Crippen LogP) is 3.55. The van der Waals surface area contributed by atoms with E-state index in [1.165, 1.54) is 24.3 Å². The Kier molecular flexibility index (Phi) is 13.0. The second-order valence-electron chi connectivity index (χ2n) is 9.54. The first-order valence-corrected chi connectivity index (χ1v) is 16.4. The molecule has 0 spiro atoms. The average molecular weight is 744 g/mol. The number of hydrogen-bond donors (Lipinski definition) is 6. The maximum atomic E-state index is 12.4. The number of hydrogen-bond acceptors (Lipinski definition) is 18. The molecule has 0 saturated heterocycles. The highest BCUT2D eigenvalue weighted by Gasteiger charge is 2.17. The van der Waals surface area contributed by atoms with Crippen LogP contribution in [-0.4, -0.2) is 98.7 Å². The minimum Gasteiger partial charge on any atom is -0.395 e. The lowest BCUT2D eigenvalue weighted by Gasteiger charge is -2.16. The number of nitrogens with one attached hydrogen (secondary N) is 2. The number of rotatable bonds is 16. The van der Waals surface area contributed by atoms with Crippen LogP contribution < -0.4 is 20.4 Å². The van der Waals surface area contributed by atoms with Crippen molar-refractivity contribution in [2.45, 2.75) is 9.79 Å². The predicted molar refractivity (Wildman–Crippen MR) is 179 cm³/mol. The summed E-state index contributed by atoms with van der Waals surface area (Å²) in [5.41, 5.74) is 1.29. The van der Waals surface area contributed by atoms with Crippen LogP contribution in [0.25, 0.3) is 12.2 Å². The molecule has 0 aliphatic rings. The van der Waals surface area contributed by atoms with E-state index in [1.54, 1.807) is 48.2 Å². The van der Waals surface area contributed by atoms with E-state index in [0.717, 1.165) is 0 Å². The third-order valence-electron chi connectivity index (χ3n) is 6.16. The topological polar surface area (TPSA) is 241 Å². The number of anilines is 6. The first-order valence-electron chi connectivity index (χ1n) is 13.5. The monoisotopic (exact) mass is 742 g/mol. The molecule has 6 N–H and O–H groups in total. The largest absolute Gasteiger partial charge is 0.395 e. The van der Waals surface area contributed by atoms with Crippen LogP contribution in [0.5, 0.6) is 0 Å². The Bertz CT molecular complexity index is 1880. The first kappa shape index (κ1) is 36.9. The van der Waals surface area contributed by atoms with Gasteiger partial charge >= 0.3 is 0 Å². The van der Waals surface area contributed by atoms with Gasteiger partial charge in [0.15, 0.2) is 0 Å². The number of aliphatic hydroxyl groups is 2. The average Bonchev–Trinajstić information content (AvgIpc) is 3.03. The molecule has 256 valence electrons. The molecule has 0 amide bonds. The Morgan fingerprint density at radius 3 is 1.81 bits per heavy atom. The summed E-state index contributed by atoms with van der Waals surface area (Å²) in [7, 11) is -1.41. The molecular formula is C26H28Cl2N10O8S2. The lowest BCUT2D eigenvalue weighted by molar-refractivity contribution is -0.432. The minimum atomic E-state index is -4.72. The van der Waals surface area contributed by atoms with Gasteiger partial charge < -0.3 is 30.6 Å². The molecule has 0 radical (unpaired) electrons. The van der Waals surface area contributed by atoms with Crippen LogP contribution in [0.3, 0.4) is 0 Å². The summed E-state index contributed by atoms with van der Waals surface area (Å²) in [6.07, 6.45) is 2.98. The molecule has 4 rings (SSSR count). The van der Waals surface area contributed by atoms with Gasteiger partial charge in [0.25, 0.3) is 10.1 Å². The van der Waals surface area contributed by atoms with Crippen molar-refractivity contribution in [2.24, 2.45) is 0 Å². The summed E-state index contributed by atoms with van der Waals surface area (Å²) in [5, 5.41) is 36.5. The van der Waals surface area contributed by atoms with Crippen LogP contribution in [0.1, 0.15) is 11.1 Å². The minimum absolute atomic E-state index is 0.00585. The molecule has 0 unspecified atom stereocenters. The summed E-state index contributed by atoms with van der Waals surface area (Å²) in [5.74, 6) is 0.488. The van der Waals surface area contributed by atoms with Crippen LogP contribution in [0.2, 0.25) is 10.6 Å². The maximum Gasteiger partial charge on any atom is 0.295 e.